The first-order valence-corrected chi connectivity index (χ1v) is 5.07. The van der Waals surface area contributed by atoms with Gasteiger partial charge in [0.1, 0.15) is 5.78 Å². The summed E-state index contributed by atoms with van der Waals surface area (Å²) in [7, 11) is 0. The fourth-order valence-corrected chi connectivity index (χ4v) is 3.47. The molecule has 0 aromatic carbocycles. The molecule has 3 aliphatic rings. The lowest BCUT2D eigenvalue weighted by atomic mass is 9.73. The van der Waals surface area contributed by atoms with Gasteiger partial charge in [0, 0.05) is 12.3 Å². The Hall–Kier alpha value is -0.590. The summed E-state index contributed by atoms with van der Waals surface area (Å²) in [6, 6.07) is 0. The number of carbonyl (C=O) groups is 1. The highest BCUT2D eigenvalue weighted by atomic mass is 16.1. The van der Waals surface area contributed by atoms with Crippen LogP contribution < -0.4 is 0 Å². The molecule has 1 heteroatoms. The maximum absolute atomic E-state index is 11.6. The van der Waals surface area contributed by atoms with Crippen LogP contribution in [0.4, 0.5) is 0 Å². The van der Waals surface area contributed by atoms with Crippen LogP contribution in [0.25, 0.3) is 0 Å². The summed E-state index contributed by atoms with van der Waals surface area (Å²) < 4.78 is 0. The van der Waals surface area contributed by atoms with Gasteiger partial charge in [0.05, 0.1) is 0 Å². The standard InChI is InChI=1S/C11H14O/c12-10-3-1-2-9-7-4-5-8(6-7)11(9)10/h4-5,7-9,11H,1-3,6H2/t7-,8+,9+,11-/m1/s1. The summed E-state index contributed by atoms with van der Waals surface area (Å²) in [4.78, 5) is 11.6. The van der Waals surface area contributed by atoms with Crippen LogP contribution in [0.3, 0.4) is 0 Å². The van der Waals surface area contributed by atoms with Crippen molar-refractivity contribution in [3.8, 4) is 0 Å². The van der Waals surface area contributed by atoms with E-state index in [0.29, 0.717) is 17.6 Å². The molecule has 0 aromatic heterocycles. The molecule has 0 aliphatic heterocycles. The highest BCUT2D eigenvalue weighted by Gasteiger charge is 2.48. The van der Waals surface area contributed by atoms with Gasteiger partial charge in [-0.2, -0.15) is 0 Å². The van der Waals surface area contributed by atoms with Gasteiger partial charge in [0.25, 0.3) is 0 Å². The number of rotatable bonds is 0. The zero-order chi connectivity index (χ0) is 8.13. The molecule has 0 heterocycles. The molecule has 4 atom stereocenters. The van der Waals surface area contributed by atoms with E-state index in [2.05, 4.69) is 12.2 Å². The molecule has 0 amide bonds. The normalized spacial score (nSPS) is 49.8. The molecule has 0 radical (unpaired) electrons. The van der Waals surface area contributed by atoms with Crippen molar-refractivity contribution in [3.63, 3.8) is 0 Å². The van der Waals surface area contributed by atoms with Crippen LogP contribution in [0, 0.1) is 23.7 Å². The van der Waals surface area contributed by atoms with Crippen molar-refractivity contribution in [1.29, 1.82) is 0 Å². The molecule has 0 N–H and O–H groups in total. The minimum absolute atomic E-state index is 0.439. The molecule has 3 aliphatic carbocycles. The Kier molecular flexibility index (Phi) is 1.27. The molecule has 64 valence electrons. The number of Topliss-reactive ketones (excluding diaryl/α,β-unsaturated/α-hetero) is 1. The van der Waals surface area contributed by atoms with Crippen LogP contribution in [-0.4, -0.2) is 5.78 Å². The van der Waals surface area contributed by atoms with E-state index in [-0.39, 0.29) is 0 Å². The topological polar surface area (TPSA) is 17.1 Å². The Morgan fingerprint density at radius 2 is 2.08 bits per heavy atom. The van der Waals surface area contributed by atoms with E-state index in [9.17, 15) is 4.79 Å². The van der Waals surface area contributed by atoms with E-state index in [1.807, 2.05) is 0 Å². The lowest BCUT2D eigenvalue weighted by Crippen LogP contribution is -2.31. The fraction of sp³-hybridized carbons (Fsp3) is 0.727. The summed E-state index contributed by atoms with van der Waals surface area (Å²) in [5.74, 6) is 3.13. The molecule has 2 fully saturated rings. The summed E-state index contributed by atoms with van der Waals surface area (Å²) in [5, 5.41) is 0. The van der Waals surface area contributed by atoms with Gasteiger partial charge in [0.15, 0.2) is 0 Å². The number of carbonyl (C=O) groups excluding carboxylic acids is 1. The monoisotopic (exact) mass is 162 g/mol. The van der Waals surface area contributed by atoms with Gasteiger partial charge in [0.2, 0.25) is 0 Å². The van der Waals surface area contributed by atoms with Crippen LogP contribution in [-0.2, 0) is 4.79 Å². The molecule has 0 saturated heterocycles. The van der Waals surface area contributed by atoms with Crippen molar-refractivity contribution < 1.29 is 4.79 Å². The van der Waals surface area contributed by atoms with Crippen molar-refractivity contribution in [2.24, 2.45) is 23.7 Å². The molecule has 0 unspecified atom stereocenters. The molecule has 1 nitrogen and oxygen atoms in total. The Morgan fingerprint density at radius 1 is 1.25 bits per heavy atom. The summed E-state index contributed by atoms with van der Waals surface area (Å²) in [5.41, 5.74) is 0. The number of allylic oxidation sites excluding steroid dienone is 2. The predicted molar refractivity (Wildman–Crippen MR) is 46.6 cm³/mol. The van der Waals surface area contributed by atoms with Crippen LogP contribution >= 0.6 is 0 Å². The third-order valence-electron chi connectivity index (χ3n) is 3.95. The molecule has 2 saturated carbocycles. The molecule has 2 bridgehead atoms. The first-order valence-electron chi connectivity index (χ1n) is 5.07. The van der Waals surface area contributed by atoms with Gasteiger partial charge < -0.3 is 0 Å². The van der Waals surface area contributed by atoms with Gasteiger partial charge >= 0.3 is 0 Å². The van der Waals surface area contributed by atoms with E-state index in [1.54, 1.807) is 0 Å². The second kappa shape index (κ2) is 2.21. The van der Waals surface area contributed by atoms with Gasteiger partial charge in [-0.05, 0) is 37.0 Å². The van der Waals surface area contributed by atoms with Gasteiger partial charge in [-0.1, -0.05) is 12.2 Å². The van der Waals surface area contributed by atoms with Crippen molar-refractivity contribution in [2.45, 2.75) is 25.7 Å². The largest absolute Gasteiger partial charge is 0.299 e. The van der Waals surface area contributed by atoms with Crippen LogP contribution in [0.2, 0.25) is 0 Å². The molecule has 12 heavy (non-hydrogen) atoms. The highest BCUT2D eigenvalue weighted by molar-refractivity contribution is 5.83. The average Bonchev–Trinajstić information content (AvgIpc) is 2.64. The maximum atomic E-state index is 11.6. The summed E-state index contributed by atoms with van der Waals surface area (Å²) >= 11 is 0. The van der Waals surface area contributed by atoms with Crippen LogP contribution in [0.1, 0.15) is 25.7 Å². The second-order valence-electron chi connectivity index (χ2n) is 4.50. The third-order valence-corrected chi connectivity index (χ3v) is 3.95. The summed E-state index contributed by atoms with van der Waals surface area (Å²) in [6.45, 7) is 0. The number of ketones is 1. The molecule has 0 spiro atoms. The van der Waals surface area contributed by atoms with E-state index in [1.165, 1.54) is 12.8 Å². The van der Waals surface area contributed by atoms with Crippen LogP contribution in [0.5, 0.6) is 0 Å². The smallest absolute Gasteiger partial charge is 0.136 e. The van der Waals surface area contributed by atoms with E-state index >= 15 is 0 Å². The van der Waals surface area contributed by atoms with E-state index in [0.717, 1.165) is 24.7 Å². The minimum atomic E-state index is 0.439. The lowest BCUT2D eigenvalue weighted by Gasteiger charge is -2.30. The zero-order valence-corrected chi connectivity index (χ0v) is 7.20. The first kappa shape index (κ1) is 6.88. The number of fused-ring (bicyclic) bond motifs is 5. The quantitative estimate of drug-likeness (QED) is 0.499. The van der Waals surface area contributed by atoms with Crippen LogP contribution in [0.15, 0.2) is 12.2 Å². The zero-order valence-electron chi connectivity index (χ0n) is 7.20. The third kappa shape index (κ3) is 0.720. The summed E-state index contributed by atoms with van der Waals surface area (Å²) in [6.07, 6.45) is 9.23. The Morgan fingerprint density at radius 3 is 2.92 bits per heavy atom. The molecular weight excluding hydrogens is 148 g/mol. The Bertz CT molecular complexity index is 254. The molecule has 0 aromatic rings. The maximum Gasteiger partial charge on any atom is 0.136 e. The van der Waals surface area contributed by atoms with E-state index < -0.39 is 0 Å². The van der Waals surface area contributed by atoms with Crippen molar-refractivity contribution in [2.75, 3.05) is 0 Å². The SMILES string of the molecule is O=C1CCC[C@@H]2[C@H]1[C@H]1C=C[C@@H]2C1. The first-order chi connectivity index (χ1) is 5.86. The number of hydrogen-bond donors (Lipinski definition) is 0. The number of hydrogen-bond acceptors (Lipinski definition) is 1. The van der Waals surface area contributed by atoms with Crippen molar-refractivity contribution >= 4 is 5.78 Å². The second-order valence-corrected chi connectivity index (χ2v) is 4.50. The van der Waals surface area contributed by atoms with E-state index in [4.69, 9.17) is 0 Å². The van der Waals surface area contributed by atoms with Gasteiger partial charge in [-0.25, -0.2) is 0 Å². The van der Waals surface area contributed by atoms with Gasteiger partial charge in [-0.3, -0.25) is 4.79 Å². The fourth-order valence-electron chi connectivity index (χ4n) is 3.47. The lowest BCUT2D eigenvalue weighted by molar-refractivity contribution is -0.127. The minimum Gasteiger partial charge on any atom is -0.299 e. The molecular formula is C11H14O. The Balaban J connectivity index is 1.97. The predicted octanol–water partition coefficient (Wildman–Crippen LogP) is 2.18. The van der Waals surface area contributed by atoms with Crippen molar-refractivity contribution in [1.82, 2.24) is 0 Å². The van der Waals surface area contributed by atoms with Gasteiger partial charge in [-0.15, -0.1) is 0 Å². The van der Waals surface area contributed by atoms with Crippen molar-refractivity contribution in [3.05, 3.63) is 12.2 Å². The Labute approximate surface area is 72.8 Å². The highest BCUT2D eigenvalue weighted by Crippen LogP contribution is 2.52. The average molecular weight is 162 g/mol. The molecule has 3 rings (SSSR count).